The van der Waals surface area contributed by atoms with E-state index in [0.29, 0.717) is 29.9 Å². The first kappa shape index (κ1) is 27.5. The van der Waals surface area contributed by atoms with Crippen LogP contribution in [0.3, 0.4) is 0 Å². The van der Waals surface area contributed by atoms with Crippen molar-refractivity contribution in [1.82, 2.24) is 24.6 Å². The van der Waals surface area contributed by atoms with Crippen LogP contribution in [0.4, 0.5) is 13.2 Å². The molecule has 1 aliphatic rings. The molecule has 10 heteroatoms. The van der Waals surface area contributed by atoms with Crippen LogP contribution < -0.4 is 4.74 Å². The van der Waals surface area contributed by atoms with Crippen molar-refractivity contribution in [3.8, 4) is 22.8 Å². The van der Waals surface area contributed by atoms with E-state index in [1.807, 2.05) is 24.3 Å². The second-order valence-corrected chi connectivity index (χ2v) is 9.61. The number of hydrogen-bond donors (Lipinski definition) is 0. The maximum atomic E-state index is 13.8. The van der Waals surface area contributed by atoms with Crippen molar-refractivity contribution in [2.24, 2.45) is 0 Å². The molecule has 4 heterocycles. The third kappa shape index (κ3) is 6.94. The molecular weight excluding hydrogens is 519 g/mol. The topological polar surface area (TPSA) is 65.3 Å². The lowest BCUT2D eigenvalue weighted by atomic mass is 10.1. The summed E-state index contributed by atoms with van der Waals surface area (Å²) in [5.74, 6) is 0.851. The van der Waals surface area contributed by atoms with Crippen LogP contribution >= 0.6 is 0 Å². The van der Waals surface area contributed by atoms with Crippen LogP contribution in [0.25, 0.3) is 22.6 Å². The van der Waals surface area contributed by atoms with Gasteiger partial charge < -0.3 is 9.47 Å². The van der Waals surface area contributed by atoms with E-state index in [1.54, 1.807) is 24.4 Å². The smallest absolute Gasteiger partial charge is 0.433 e. The Labute approximate surface area is 230 Å². The first-order valence-corrected chi connectivity index (χ1v) is 13.1. The predicted molar refractivity (Wildman–Crippen MR) is 146 cm³/mol. The molecule has 1 fully saturated rings. The Morgan fingerprint density at radius 3 is 2.58 bits per heavy atom. The molecule has 208 valence electrons. The summed E-state index contributed by atoms with van der Waals surface area (Å²) in [4.78, 5) is 10.6. The normalized spacial score (nSPS) is 14.0. The Morgan fingerprint density at radius 2 is 1.85 bits per heavy atom. The maximum absolute atomic E-state index is 13.8. The van der Waals surface area contributed by atoms with Gasteiger partial charge in [-0.15, -0.1) is 0 Å². The zero-order valence-corrected chi connectivity index (χ0v) is 22.0. The molecule has 0 spiro atoms. The molecule has 0 radical (unpaired) electrons. The number of halogens is 3. The second-order valence-electron chi connectivity index (χ2n) is 9.61. The fourth-order valence-electron chi connectivity index (χ4n) is 4.53. The van der Waals surface area contributed by atoms with Crippen LogP contribution in [0, 0.1) is 0 Å². The molecular formula is C30H30F3N5O2. The first-order valence-electron chi connectivity index (χ1n) is 13.1. The third-order valence-corrected chi connectivity index (χ3v) is 6.65. The van der Waals surface area contributed by atoms with Gasteiger partial charge in [-0.05, 0) is 85.1 Å². The SMILES string of the molecule is C=C(COCc1cccc(OCCN2CCCC2)c1)c1ccc(-n2nc(-c3cccnc3)cc2C(F)(F)F)nc1. The van der Waals surface area contributed by atoms with E-state index >= 15 is 0 Å². The summed E-state index contributed by atoms with van der Waals surface area (Å²) in [5, 5.41) is 4.15. The van der Waals surface area contributed by atoms with Gasteiger partial charge in [-0.25, -0.2) is 9.67 Å². The largest absolute Gasteiger partial charge is 0.492 e. The molecule has 1 saturated heterocycles. The van der Waals surface area contributed by atoms with Crippen LogP contribution in [0.5, 0.6) is 5.75 Å². The number of likely N-dealkylation sites (tertiary alicyclic amines) is 1. The monoisotopic (exact) mass is 549 g/mol. The van der Waals surface area contributed by atoms with Gasteiger partial charge in [-0.1, -0.05) is 18.7 Å². The van der Waals surface area contributed by atoms with Crippen LogP contribution in [-0.2, 0) is 17.5 Å². The molecule has 0 aliphatic carbocycles. The van der Waals surface area contributed by atoms with Crippen molar-refractivity contribution in [2.75, 3.05) is 32.8 Å². The minimum absolute atomic E-state index is 0.0430. The number of benzene rings is 1. The molecule has 1 aromatic carbocycles. The van der Waals surface area contributed by atoms with E-state index in [-0.39, 0.29) is 18.1 Å². The number of alkyl halides is 3. The molecule has 4 aromatic rings. The van der Waals surface area contributed by atoms with Gasteiger partial charge in [0.2, 0.25) is 0 Å². The molecule has 0 atom stereocenters. The molecule has 0 bridgehead atoms. The molecule has 1 aliphatic heterocycles. The van der Waals surface area contributed by atoms with Gasteiger partial charge in [0.25, 0.3) is 0 Å². The summed E-state index contributed by atoms with van der Waals surface area (Å²) in [6.45, 7) is 8.52. The summed E-state index contributed by atoms with van der Waals surface area (Å²) in [5.41, 5.74) is 2.01. The fraction of sp³-hybridized carbons (Fsp3) is 0.300. The molecule has 0 N–H and O–H groups in total. The zero-order valence-electron chi connectivity index (χ0n) is 22.0. The molecule has 0 unspecified atom stereocenters. The van der Waals surface area contributed by atoms with E-state index in [4.69, 9.17) is 9.47 Å². The Morgan fingerprint density at radius 1 is 1.00 bits per heavy atom. The average molecular weight is 550 g/mol. The summed E-state index contributed by atoms with van der Waals surface area (Å²) < 4.78 is 53.8. The van der Waals surface area contributed by atoms with E-state index in [1.165, 1.54) is 31.3 Å². The highest BCUT2D eigenvalue weighted by Crippen LogP contribution is 2.33. The van der Waals surface area contributed by atoms with Gasteiger partial charge in [-0.2, -0.15) is 18.3 Å². The lowest BCUT2D eigenvalue weighted by Gasteiger charge is -2.15. The number of pyridine rings is 2. The van der Waals surface area contributed by atoms with Gasteiger partial charge in [0.15, 0.2) is 11.5 Å². The Kier molecular flexibility index (Phi) is 8.57. The second kappa shape index (κ2) is 12.4. The van der Waals surface area contributed by atoms with Crippen molar-refractivity contribution in [1.29, 1.82) is 0 Å². The molecule has 5 rings (SSSR count). The Bertz CT molecular complexity index is 1420. The molecule has 7 nitrogen and oxygen atoms in total. The van der Waals surface area contributed by atoms with Gasteiger partial charge in [0.05, 0.1) is 18.9 Å². The summed E-state index contributed by atoms with van der Waals surface area (Å²) in [7, 11) is 0. The molecule has 3 aromatic heterocycles. The van der Waals surface area contributed by atoms with Crippen molar-refractivity contribution < 1.29 is 22.6 Å². The first-order chi connectivity index (χ1) is 19.4. The van der Waals surface area contributed by atoms with Crippen molar-refractivity contribution in [2.45, 2.75) is 25.6 Å². The standard InChI is InChI=1S/C30H30F3N5O2/c1-22(20-39-21-23-6-4-8-26(16-23)40-15-14-37-12-2-3-13-37)24-9-10-29(35-19-24)38-28(30(31,32)33)17-27(36-38)25-7-5-11-34-18-25/h4-11,16-19H,1-3,12-15,20-21H2. The van der Waals surface area contributed by atoms with Crippen molar-refractivity contribution >= 4 is 5.57 Å². The highest BCUT2D eigenvalue weighted by molar-refractivity contribution is 5.64. The highest BCUT2D eigenvalue weighted by atomic mass is 19.4. The Balaban J connectivity index is 1.17. The van der Waals surface area contributed by atoms with Crippen molar-refractivity contribution in [3.05, 3.63) is 96.6 Å². The zero-order chi connectivity index (χ0) is 28.0. The van der Waals surface area contributed by atoms with E-state index in [2.05, 4.69) is 26.5 Å². The fourth-order valence-corrected chi connectivity index (χ4v) is 4.53. The van der Waals surface area contributed by atoms with E-state index in [0.717, 1.165) is 41.7 Å². The summed E-state index contributed by atoms with van der Waals surface area (Å²) in [6.07, 6.45) is 2.39. The minimum Gasteiger partial charge on any atom is -0.492 e. The Hall–Kier alpha value is -4.02. The summed E-state index contributed by atoms with van der Waals surface area (Å²) >= 11 is 0. The molecule has 0 saturated carbocycles. The van der Waals surface area contributed by atoms with Gasteiger partial charge in [-0.3, -0.25) is 9.88 Å². The van der Waals surface area contributed by atoms with Gasteiger partial charge in [0, 0.05) is 30.7 Å². The van der Waals surface area contributed by atoms with Crippen LogP contribution in [0.2, 0.25) is 0 Å². The predicted octanol–water partition coefficient (Wildman–Crippen LogP) is 6.05. The van der Waals surface area contributed by atoms with Crippen molar-refractivity contribution in [3.63, 3.8) is 0 Å². The quantitative estimate of drug-likeness (QED) is 0.227. The number of rotatable bonds is 11. The van der Waals surface area contributed by atoms with E-state index in [9.17, 15) is 13.2 Å². The summed E-state index contributed by atoms with van der Waals surface area (Å²) in [6, 6.07) is 15.2. The van der Waals surface area contributed by atoms with Crippen LogP contribution in [0.15, 0.2) is 79.8 Å². The third-order valence-electron chi connectivity index (χ3n) is 6.65. The number of aromatic nitrogens is 4. The number of nitrogens with zero attached hydrogens (tertiary/aromatic N) is 5. The minimum atomic E-state index is -4.61. The maximum Gasteiger partial charge on any atom is 0.433 e. The van der Waals surface area contributed by atoms with E-state index < -0.39 is 11.9 Å². The van der Waals surface area contributed by atoms with Gasteiger partial charge >= 0.3 is 6.18 Å². The highest BCUT2D eigenvalue weighted by Gasteiger charge is 2.36. The van der Waals surface area contributed by atoms with Crippen LogP contribution in [0.1, 0.15) is 29.7 Å². The average Bonchev–Trinajstić information content (AvgIpc) is 3.65. The van der Waals surface area contributed by atoms with Crippen LogP contribution in [-0.4, -0.2) is 57.5 Å². The van der Waals surface area contributed by atoms with Gasteiger partial charge in [0.1, 0.15) is 12.4 Å². The lowest BCUT2D eigenvalue weighted by molar-refractivity contribution is -0.142. The number of ether oxygens (including phenoxy) is 2. The lowest BCUT2D eigenvalue weighted by Crippen LogP contribution is -2.25. The number of hydrogen-bond acceptors (Lipinski definition) is 6. The molecule has 40 heavy (non-hydrogen) atoms. The molecule has 0 amide bonds.